The van der Waals surface area contributed by atoms with Crippen LogP contribution in [0.5, 0.6) is 0 Å². The van der Waals surface area contributed by atoms with Crippen LogP contribution in [0.4, 0.5) is 0 Å². The molecule has 0 aliphatic carbocycles. The third kappa shape index (κ3) is 2.35. The van der Waals surface area contributed by atoms with Crippen molar-refractivity contribution in [3.8, 4) is 0 Å². The molecule has 0 spiro atoms. The first kappa shape index (κ1) is 11.0. The van der Waals surface area contributed by atoms with Gasteiger partial charge in [0.05, 0.1) is 0 Å². The SMILES string of the molecule is NCc1ccc([P+](=O)c2ccccc2)cc1. The van der Waals surface area contributed by atoms with Crippen molar-refractivity contribution in [1.82, 2.24) is 0 Å². The number of rotatable bonds is 3. The highest BCUT2D eigenvalue weighted by atomic mass is 31.1. The molecular weight excluding hydrogens is 217 g/mol. The minimum atomic E-state index is -1.48. The molecular formula is C13H13NOP+. The van der Waals surface area contributed by atoms with Gasteiger partial charge in [-0.15, -0.1) is 0 Å². The van der Waals surface area contributed by atoms with Gasteiger partial charge in [0.15, 0.2) is 10.6 Å². The standard InChI is InChI=1S/C13H13NOP/c14-10-11-6-8-13(9-7-11)16(15)12-4-2-1-3-5-12/h1-9H,10,14H2/q+1. The van der Waals surface area contributed by atoms with Gasteiger partial charge in [-0.2, -0.15) is 0 Å². The Balaban J connectivity index is 2.28. The molecule has 0 radical (unpaired) electrons. The smallest absolute Gasteiger partial charge is 0.326 e. The van der Waals surface area contributed by atoms with E-state index < -0.39 is 7.80 Å². The van der Waals surface area contributed by atoms with E-state index in [1.54, 1.807) is 0 Å². The molecule has 1 unspecified atom stereocenters. The lowest BCUT2D eigenvalue weighted by atomic mass is 10.2. The van der Waals surface area contributed by atoms with Crippen LogP contribution in [0.3, 0.4) is 0 Å². The summed E-state index contributed by atoms with van der Waals surface area (Å²) in [6.07, 6.45) is 0. The van der Waals surface area contributed by atoms with Crippen LogP contribution in [0.2, 0.25) is 0 Å². The summed E-state index contributed by atoms with van der Waals surface area (Å²) in [6.45, 7) is 0.516. The van der Waals surface area contributed by atoms with Crippen molar-refractivity contribution in [2.75, 3.05) is 0 Å². The van der Waals surface area contributed by atoms with E-state index >= 15 is 0 Å². The highest BCUT2D eigenvalue weighted by Crippen LogP contribution is 2.18. The number of nitrogens with two attached hydrogens (primary N) is 1. The Morgan fingerprint density at radius 3 is 2.00 bits per heavy atom. The van der Waals surface area contributed by atoms with Gasteiger partial charge in [-0.25, -0.2) is 0 Å². The second kappa shape index (κ2) is 5.02. The summed E-state index contributed by atoms with van der Waals surface area (Å²) in [7, 11) is -1.48. The molecule has 0 aliphatic heterocycles. The summed E-state index contributed by atoms with van der Waals surface area (Å²) in [6, 6.07) is 17.1. The van der Waals surface area contributed by atoms with Gasteiger partial charge < -0.3 is 5.73 Å². The fourth-order valence-electron chi connectivity index (χ4n) is 1.48. The largest absolute Gasteiger partial charge is 0.415 e. The van der Waals surface area contributed by atoms with Crippen LogP contribution >= 0.6 is 7.80 Å². The summed E-state index contributed by atoms with van der Waals surface area (Å²) in [4.78, 5) is 0. The van der Waals surface area contributed by atoms with Gasteiger partial charge in [-0.05, 0) is 29.8 Å². The average molecular weight is 230 g/mol. The Morgan fingerprint density at radius 1 is 0.875 bits per heavy atom. The third-order valence-corrected chi connectivity index (χ3v) is 3.93. The van der Waals surface area contributed by atoms with Gasteiger partial charge >= 0.3 is 7.80 Å². The normalized spacial score (nSPS) is 11.2. The van der Waals surface area contributed by atoms with Crippen LogP contribution < -0.4 is 16.3 Å². The summed E-state index contributed by atoms with van der Waals surface area (Å²) < 4.78 is 12.2. The van der Waals surface area contributed by atoms with Crippen molar-refractivity contribution in [1.29, 1.82) is 0 Å². The molecule has 0 amide bonds. The Bertz CT molecular complexity index is 479. The molecule has 16 heavy (non-hydrogen) atoms. The lowest BCUT2D eigenvalue weighted by Crippen LogP contribution is -2.06. The molecule has 0 fully saturated rings. The zero-order valence-electron chi connectivity index (χ0n) is 8.84. The Labute approximate surface area is 95.9 Å². The van der Waals surface area contributed by atoms with Gasteiger partial charge in [0, 0.05) is 6.54 Å². The molecule has 2 aromatic rings. The van der Waals surface area contributed by atoms with E-state index in [1.807, 2.05) is 54.6 Å². The molecule has 1 atom stereocenters. The van der Waals surface area contributed by atoms with E-state index in [9.17, 15) is 4.57 Å². The van der Waals surface area contributed by atoms with E-state index in [0.29, 0.717) is 6.54 Å². The van der Waals surface area contributed by atoms with Gasteiger partial charge in [0.1, 0.15) is 0 Å². The first-order chi connectivity index (χ1) is 7.81. The van der Waals surface area contributed by atoms with E-state index in [2.05, 4.69) is 0 Å². The number of hydrogen-bond donors (Lipinski definition) is 1. The Kier molecular flexibility index (Phi) is 3.45. The molecule has 0 aromatic heterocycles. The second-order valence-electron chi connectivity index (χ2n) is 3.50. The van der Waals surface area contributed by atoms with Crippen LogP contribution in [0.1, 0.15) is 5.56 Å². The molecule has 2 aromatic carbocycles. The molecule has 0 heterocycles. The van der Waals surface area contributed by atoms with Gasteiger partial charge in [-0.3, -0.25) is 0 Å². The van der Waals surface area contributed by atoms with Gasteiger partial charge in [0.2, 0.25) is 0 Å². The fourth-order valence-corrected chi connectivity index (χ4v) is 2.64. The van der Waals surface area contributed by atoms with Crippen molar-refractivity contribution in [3.63, 3.8) is 0 Å². The van der Waals surface area contributed by atoms with Crippen LogP contribution in [0, 0.1) is 0 Å². The second-order valence-corrected chi connectivity index (χ2v) is 5.12. The molecule has 0 saturated heterocycles. The van der Waals surface area contributed by atoms with Gasteiger partial charge in [0.25, 0.3) is 0 Å². The van der Waals surface area contributed by atoms with Crippen molar-refractivity contribution in [2.45, 2.75) is 6.54 Å². The first-order valence-corrected chi connectivity index (χ1v) is 6.38. The zero-order chi connectivity index (χ0) is 11.4. The maximum atomic E-state index is 12.2. The summed E-state index contributed by atoms with van der Waals surface area (Å²) in [5.41, 5.74) is 6.57. The minimum Gasteiger partial charge on any atom is -0.326 e. The van der Waals surface area contributed by atoms with E-state index in [1.165, 1.54) is 0 Å². The van der Waals surface area contributed by atoms with Crippen molar-refractivity contribution in [2.24, 2.45) is 5.73 Å². The summed E-state index contributed by atoms with van der Waals surface area (Å²) in [5, 5.41) is 1.70. The number of benzene rings is 2. The van der Waals surface area contributed by atoms with E-state index in [4.69, 9.17) is 5.73 Å². The number of hydrogen-bond acceptors (Lipinski definition) is 2. The zero-order valence-corrected chi connectivity index (χ0v) is 9.73. The molecule has 0 aliphatic rings. The van der Waals surface area contributed by atoms with Crippen LogP contribution in [-0.4, -0.2) is 0 Å². The molecule has 0 saturated carbocycles. The molecule has 3 heteroatoms. The summed E-state index contributed by atoms with van der Waals surface area (Å²) >= 11 is 0. The average Bonchev–Trinajstić information content (AvgIpc) is 2.39. The maximum Gasteiger partial charge on any atom is 0.415 e. The molecule has 2 rings (SSSR count). The maximum absolute atomic E-state index is 12.2. The first-order valence-electron chi connectivity index (χ1n) is 5.12. The van der Waals surface area contributed by atoms with Crippen LogP contribution in [0.15, 0.2) is 54.6 Å². The van der Waals surface area contributed by atoms with Crippen molar-refractivity contribution in [3.05, 3.63) is 60.2 Å². The predicted molar refractivity (Wildman–Crippen MR) is 67.6 cm³/mol. The fraction of sp³-hybridized carbons (Fsp3) is 0.0769. The lowest BCUT2D eigenvalue weighted by molar-refractivity contribution is 0.598. The van der Waals surface area contributed by atoms with Gasteiger partial charge in [-0.1, -0.05) is 34.9 Å². The van der Waals surface area contributed by atoms with Crippen LogP contribution in [-0.2, 0) is 11.1 Å². The van der Waals surface area contributed by atoms with E-state index in [0.717, 1.165) is 16.2 Å². The summed E-state index contributed by atoms with van der Waals surface area (Å²) in [5.74, 6) is 0. The molecule has 80 valence electrons. The molecule has 2 nitrogen and oxygen atoms in total. The highest BCUT2D eigenvalue weighted by Gasteiger charge is 2.22. The van der Waals surface area contributed by atoms with Crippen molar-refractivity contribution < 1.29 is 4.57 Å². The predicted octanol–water partition coefficient (Wildman–Crippen LogP) is 1.92. The van der Waals surface area contributed by atoms with Crippen LogP contribution in [0.25, 0.3) is 0 Å². The Morgan fingerprint density at radius 2 is 1.44 bits per heavy atom. The van der Waals surface area contributed by atoms with E-state index in [-0.39, 0.29) is 0 Å². The molecule has 0 bridgehead atoms. The Hall–Kier alpha value is -1.50. The lowest BCUT2D eigenvalue weighted by Gasteiger charge is -1.94. The minimum absolute atomic E-state index is 0.516. The topological polar surface area (TPSA) is 43.1 Å². The monoisotopic (exact) mass is 230 g/mol. The highest BCUT2D eigenvalue weighted by molar-refractivity contribution is 7.61. The molecule has 2 N–H and O–H groups in total. The van der Waals surface area contributed by atoms with Crippen molar-refractivity contribution >= 4 is 18.4 Å². The quantitative estimate of drug-likeness (QED) is 0.818. The third-order valence-electron chi connectivity index (χ3n) is 2.40.